The predicted octanol–water partition coefficient (Wildman–Crippen LogP) is 2.27. The van der Waals surface area contributed by atoms with Gasteiger partial charge in [-0.1, -0.05) is 36.0 Å². The fourth-order valence-electron chi connectivity index (χ4n) is 2.02. The number of carbonyl (C=O) groups is 2. The van der Waals surface area contributed by atoms with Crippen molar-refractivity contribution in [2.24, 2.45) is 0 Å². The molecule has 1 heterocycles. The number of carboxylic acids is 1. The Hall–Kier alpha value is -2.60. The van der Waals surface area contributed by atoms with Crippen LogP contribution in [-0.2, 0) is 4.79 Å². The van der Waals surface area contributed by atoms with E-state index in [1.54, 1.807) is 24.3 Å². The van der Waals surface area contributed by atoms with Crippen LogP contribution in [0, 0.1) is 5.82 Å². The second kappa shape index (κ2) is 5.65. The highest BCUT2D eigenvalue weighted by Gasteiger charge is 2.21. The Kier molecular flexibility index (Phi) is 3.68. The SMILES string of the molecule is O=C1Nc2cc(C(=O)[O-])ccc2SC1=Cc1ccccc1F. The second-order valence-electron chi connectivity index (χ2n) is 4.58. The zero-order valence-electron chi connectivity index (χ0n) is 11.1. The molecule has 2 aromatic carbocycles. The van der Waals surface area contributed by atoms with E-state index in [0.29, 0.717) is 21.1 Å². The number of hydrogen-bond donors (Lipinski definition) is 1. The minimum atomic E-state index is -1.31. The first-order chi connectivity index (χ1) is 10.5. The van der Waals surface area contributed by atoms with E-state index >= 15 is 0 Å². The molecule has 3 rings (SSSR count). The van der Waals surface area contributed by atoms with E-state index < -0.39 is 17.7 Å². The Balaban J connectivity index is 1.97. The monoisotopic (exact) mass is 314 g/mol. The molecule has 1 aliphatic rings. The Labute approximate surface area is 129 Å². The smallest absolute Gasteiger partial charge is 0.262 e. The van der Waals surface area contributed by atoms with E-state index in [1.165, 1.54) is 24.3 Å². The molecule has 0 atom stereocenters. The highest BCUT2D eigenvalue weighted by Crippen LogP contribution is 2.39. The molecule has 22 heavy (non-hydrogen) atoms. The van der Waals surface area contributed by atoms with Crippen LogP contribution in [0.1, 0.15) is 15.9 Å². The van der Waals surface area contributed by atoms with Crippen molar-refractivity contribution in [3.05, 3.63) is 64.3 Å². The van der Waals surface area contributed by atoms with Crippen LogP contribution in [0.2, 0.25) is 0 Å². The van der Waals surface area contributed by atoms with Crippen molar-refractivity contribution in [1.82, 2.24) is 0 Å². The maximum Gasteiger partial charge on any atom is 0.262 e. The van der Waals surface area contributed by atoms with Gasteiger partial charge in [0.2, 0.25) is 0 Å². The molecular weight excluding hydrogens is 305 g/mol. The summed E-state index contributed by atoms with van der Waals surface area (Å²) >= 11 is 1.16. The maximum absolute atomic E-state index is 13.7. The highest BCUT2D eigenvalue weighted by molar-refractivity contribution is 8.04. The van der Waals surface area contributed by atoms with Crippen molar-refractivity contribution >= 4 is 35.4 Å². The lowest BCUT2D eigenvalue weighted by Gasteiger charge is -2.19. The molecule has 1 aliphatic heterocycles. The molecule has 0 saturated carbocycles. The number of thioether (sulfide) groups is 1. The summed E-state index contributed by atoms with van der Waals surface area (Å²) in [6.45, 7) is 0. The van der Waals surface area contributed by atoms with Crippen molar-refractivity contribution in [1.29, 1.82) is 0 Å². The lowest BCUT2D eigenvalue weighted by atomic mass is 10.2. The van der Waals surface area contributed by atoms with E-state index in [9.17, 15) is 19.1 Å². The van der Waals surface area contributed by atoms with Gasteiger partial charge in [-0.3, -0.25) is 4.79 Å². The maximum atomic E-state index is 13.7. The van der Waals surface area contributed by atoms with Gasteiger partial charge in [0.25, 0.3) is 5.91 Å². The second-order valence-corrected chi connectivity index (χ2v) is 5.67. The molecule has 0 fully saturated rings. The van der Waals surface area contributed by atoms with Gasteiger partial charge in [0.15, 0.2) is 0 Å². The third-order valence-electron chi connectivity index (χ3n) is 3.10. The van der Waals surface area contributed by atoms with Crippen LogP contribution in [0.15, 0.2) is 52.3 Å². The van der Waals surface area contributed by atoms with Crippen LogP contribution in [0.25, 0.3) is 6.08 Å². The molecule has 2 aromatic rings. The van der Waals surface area contributed by atoms with E-state index in [-0.39, 0.29) is 5.56 Å². The minimum absolute atomic E-state index is 0.0128. The topological polar surface area (TPSA) is 69.2 Å². The van der Waals surface area contributed by atoms with Crippen LogP contribution in [0.5, 0.6) is 0 Å². The van der Waals surface area contributed by atoms with Gasteiger partial charge in [0.05, 0.1) is 16.6 Å². The molecule has 0 saturated heterocycles. The summed E-state index contributed by atoms with van der Waals surface area (Å²) in [7, 11) is 0. The number of fused-ring (bicyclic) bond motifs is 1. The Morgan fingerprint density at radius 3 is 2.73 bits per heavy atom. The molecule has 1 amide bonds. The largest absolute Gasteiger partial charge is 0.545 e. The van der Waals surface area contributed by atoms with Gasteiger partial charge >= 0.3 is 0 Å². The third kappa shape index (κ3) is 2.73. The summed E-state index contributed by atoms with van der Waals surface area (Å²) in [5.41, 5.74) is 0.707. The molecule has 0 spiro atoms. The molecule has 0 unspecified atom stereocenters. The molecule has 110 valence electrons. The third-order valence-corrected chi connectivity index (χ3v) is 4.20. The number of benzene rings is 2. The first kappa shape index (κ1) is 14.3. The van der Waals surface area contributed by atoms with Gasteiger partial charge < -0.3 is 15.2 Å². The van der Waals surface area contributed by atoms with Gasteiger partial charge in [0, 0.05) is 10.5 Å². The van der Waals surface area contributed by atoms with Crippen LogP contribution in [-0.4, -0.2) is 11.9 Å². The summed E-state index contributed by atoms with van der Waals surface area (Å²) in [5, 5.41) is 13.4. The molecule has 1 N–H and O–H groups in total. The predicted molar refractivity (Wildman–Crippen MR) is 79.6 cm³/mol. The van der Waals surface area contributed by atoms with E-state index in [1.807, 2.05) is 0 Å². The molecule has 6 heteroatoms. The number of rotatable bonds is 2. The molecule has 0 aromatic heterocycles. The van der Waals surface area contributed by atoms with Crippen molar-refractivity contribution in [2.45, 2.75) is 4.90 Å². The fraction of sp³-hybridized carbons (Fsp3) is 0. The first-order valence-corrected chi connectivity index (χ1v) is 7.17. The zero-order valence-corrected chi connectivity index (χ0v) is 11.9. The molecule has 4 nitrogen and oxygen atoms in total. The normalized spacial score (nSPS) is 15.3. The number of halogens is 1. The van der Waals surface area contributed by atoms with Gasteiger partial charge in [-0.15, -0.1) is 0 Å². The number of hydrogen-bond acceptors (Lipinski definition) is 4. The van der Waals surface area contributed by atoms with Crippen LogP contribution >= 0.6 is 11.8 Å². The van der Waals surface area contributed by atoms with E-state index in [2.05, 4.69) is 5.32 Å². The van der Waals surface area contributed by atoms with Crippen LogP contribution < -0.4 is 10.4 Å². The number of amides is 1. The number of anilines is 1. The zero-order chi connectivity index (χ0) is 15.7. The van der Waals surface area contributed by atoms with Crippen molar-refractivity contribution < 1.29 is 19.1 Å². The van der Waals surface area contributed by atoms with Gasteiger partial charge in [-0.2, -0.15) is 0 Å². The van der Waals surface area contributed by atoms with Crippen LogP contribution in [0.3, 0.4) is 0 Å². The van der Waals surface area contributed by atoms with Crippen molar-refractivity contribution in [2.75, 3.05) is 5.32 Å². The fourth-order valence-corrected chi connectivity index (χ4v) is 2.94. The molecule has 0 radical (unpaired) electrons. The summed E-state index contributed by atoms with van der Waals surface area (Å²) in [5.74, 6) is -2.13. The molecule has 0 bridgehead atoms. The lowest BCUT2D eigenvalue weighted by molar-refractivity contribution is -0.255. The van der Waals surface area contributed by atoms with Crippen molar-refractivity contribution in [3.8, 4) is 0 Å². The summed E-state index contributed by atoms with van der Waals surface area (Å²) in [6.07, 6.45) is 1.46. The van der Waals surface area contributed by atoms with Crippen LogP contribution in [0.4, 0.5) is 10.1 Å². The summed E-state index contributed by atoms with van der Waals surface area (Å²) < 4.78 is 13.7. The molecular formula is C16H9FNO3S-. The van der Waals surface area contributed by atoms with Gasteiger partial charge in [-0.05, 0) is 29.8 Å². The quantitative estimate of drug-likeness (QED) is 0.863. The van der Waals surface area contributed by atoms with E-state index in [0.717, 1.165) is 11.8 Å². The van der Waals surface area contributed by atoms with Gasteiger partial charge in [-0.25, -0.2) is 4.39 Å². The molecule has 0 aliphatic carbocycles. The number of carboxylic acid groups (broad SMARTS) is 1. The highest BCUT2D eigenvalue weighted by atomic mass is 32.2. The minimum Gasteiger partial charge on any atom is -0.545 e. The summed E-state index contributed by atoms with van der Waals surface area (Å²) in [4.78, 5) is 23.9. The Morgan fingerprint density at radius 2 is 2.00 bits per heavy atom. The first-order valence-electron chi connectivity index (χ1n) is 6.35. The number of aromatic carboxylic acids is 1. The Morgan fingerprint density at radius 1 is 1.23 bits per heavy atom. The average Bonchev–Trinajstić information content (AvgIpc) is 2.49. The standard InChI is InChI=1S/C16H10FNO3S/c17-11-4-2-1-3-9(11)8-14-15(19)18-12-7-10(16(20)21)5-6-13(12)22-14/h1-8H,(H,18,19)(H,20,21)/p-1. The van der Waals surface area contributed by atoms with Crippen molar-refractivity contribution in [3.63, 3.8) is 0 Å². The van der Waals surface area contributed by atoms with E-state index in [4.69, 9.17) is 0 Å². The number of carbonyl (C=O) groups excluding carboxylic acids is 2. The average molecular weight is 314 g/mol. The lowest BCUT2D eigenvalue weighted by Crippen LogP contribution is -2.23. The van der Waals surface area contributed by atoms with Gasteiger partial charge in [0.1, 0.15) is 5.82 Å². The Bertz CT molecular complexity index is 817. The summed E-state index contributed by atoms with van der Waals surface area (Å²) in [6, 6.07) is 10.5. The number of nitrogens with one attached hydrogen (secondary N) is 1.